The van der Waals surface area contributed by atoms with Gasteiger partial charge in [0.05, 0.1) is 0 Å². The van der Waals surface area contributed by atoms with Gasteiger partial charge in [0.15, 0.2) is 0 Å². The van der Waals surface area contributed by atoms with Crippen LogP contribution in [0.3, 0.4) is 0 Å². The van der Waals surface area contributed by atoms with Crippen LogP contribution in [0, 0.1) is 17.8 Å². The first-order valence-electron chi connectivity index (χ1n) is 8.41. The molecule has 0 aromatic rings. The third-order valence-corrected chi connectivity index (χ3v) is 4.11. The maximum atomic E-state index is 10.9. The van der Waals surface area contributed by atoms with Gasteiger partial charge in [-0.3, -0.25) is 0 Å². The molecule has 0 fully saturated rings. The van der Waals surface area contributed by atoms with Gasteiger partial charge in [0.1, 0.15) is 5.78 Å². The molecule has 1 nitrogen and oxygen atoms in total. The highest BCUT2D eigenvalue weighted by molar-refractivity contribution is 5.75. The van der Waals surface area contributed by atoms with Crippen LogP contribution in [0.25, 0.3) is 0 Å². The molecule has 0 aliphatic heterocycles. The van der Waals surface area contributed by atoms with Crippen LogP contribution in [0.1, 0.15) is 92.4 Å². The zero-order valence-corrected chi connectivity index (χ0v) is 14.0. The summed E-state index contributed by atoms with van der Waals surface area (Å²) in [6.45, 7) is 11.0. The molecule has 0 aromatic heterocycles. The van der Waals surface area contributed by atoms with Gasteiger partial charge in [0, 0.05) is 6.42 Å². The predicted octanol–water partition coefficient (Wildman–Crippen LogP) is 6.01. The summed E-state index contributed by atoms with van der Waals surface area (Å²) < 4.78 is 0. The first kappa shape index (κ1) is 18.7. The van der Waals surface area contributed by atoms with Gasteiger partial charge in [-0.25, -0.2) is 0 Å². The minimum Gasteiger partial charge on any atom is -0.300 e. The van der Waals surface area contributed by atoms with Crippen molar-refractivity contribution in [2.75, 3.05) is 0 Å². The summed E-state index contributed by atoms with van der Waals surface area (Å²) in [6.07, 6.45) is 11.4. The Kier molecular flexibility index (Phi) is 11.3. The van der Waals surface area contributed by atoms with Crippen LogP contribution in [0.2, 0.25) is 0 Å². The van der Waals surface area contributed by atoms with Gasteiger partial charge in [-0.15, -0.1) is 0 Å². The zero-order chi connectivity index (χ0) is 14.7. The van der Waals surface area contributed by atoms with Gasteiger partial charge in [-0.05, 0) is 31.1 Å². The van der Waals surface area contributed by atoms with Crippen molar-refractivity contribution in [1.82, 2.24) is 0 Å². The van der Waals surface area contributed by atoms with Crippen LogP contribution in [0.4, 0.5) is 0 Å². The van der Waals surface area contributed by atoms with Crippen LogP contribution in [-0.2, 0) is 4.79 Å². The van der Waals surface area contributed by atoms with Gasteiger partial charge < -0.3 is 4.79 Å². The Morgan fingerprint density at radius 3 is 1.68 bits per heavy atom. The molecule has 0 amide bonds. The zero-order valence-electron chi connectivity index (χ0n) is 14.0. The number of hydrogen-bond donors (Lipinski definition) is 0. The summed E-state index contributed by atoms with van der Waals surface area (Å²) in [5.41, 5.74) is 0. The first-order valence-corrected chi connectivity index (χ1v) is 8.41. The number of rotatable bonds is 12. The van der Waals surface area contributed by atoms with Crippen molar-refractivity contribution < 1.29 is 4.79 Å². The molecular weight excluding hydrogens is 232 g/mol. The highest BCUT2D eigenvalue weighted by Crippen LogP contribution is 2.20. The third kappa shape index (κ3) is 13.9. The SMILES string of the molecule is CC(=O)CCC(C)CCCCC(C)CCCC(C)C. The molecule has 2 unspecified atom stereocenters. The lowest BCUT2D eigenvalue weighted by Gasteiger charge is -2.13. The number of unbranched alkanes of at least 4 members (excludes halogenated alkanes) is 1. The number of carbonyl (C=O) groups is 1. The van der Waals surface area contributed by atoms with E-state index in [-0.39, 0.29) is 0 Å². The fraction of sp³-hybridized carbons (Fsp3) is 0.944. The quantitative estimate of drug-likeness (QED) is 0.396. The van der Waals surface area contributed by atoms with Crippen molar-refractivity contribution in [1.29, 1.82) is 0 Å². The molecule has 0 saturated heterocycles. The molecule has 0 rings (SSSR count). The third-order valence-electron chi connectivity index (χ3n) is 4.11. The molecule has 0 saturated carbocycles. The van der Waals surface area contributed by atoms with E-state index in [4.69, 9.17) is 0 Å². The molecule has 19 heavy (non-hydrogen) atoms. The predicted molar refractivity (Wildman–Crippen MR) is 85.4 cm³/mol. The van der Waals surface area contributed by atoms with Gasteiger partial charge in [0.2, 0.25) is 0 Å². The van der Waals surface area contributed by atoms with Crippen LogP contribution in [-0.4, -0.2) is 5.78 Å². The van der Waals surface area contributed by atoms with E-state index in [1.807, 2.05) is 0 Å². The maximum Gasteiger partial charge on any atom is 0.129 e. The summed E-state index contributed by atoms with van der Waals surface area (Å²) in [5.74, 6) is 2.81. The van der Waals surface area contributed by atoms with Crippen molar-refractivity contribution in [2.45, 2.75) is 92.4 Å². The lowest BCUT2D eigenvalue weighted by atomic mass is 9.93. The Morgan fingerprint density at radius 1 is 0.737 bits per heavy atom. The van der Waals surface area contributed by atoms with Gasteiger partial charge >= 0.3 is 0 Å². The summed E-state index contributed by atoms with van der Waals surface area (Å²) in [6, 6.07) is 0. The Labute approximate surface area is 121 Å². The van der Waals surface area contributed by atoms with Gasteiger partial charge in [-0.2, -0.15) is 0 Å². The van der Waals surface area contributed by atoms with Crippen molar-refractivity contribution in [3.8, 4) is 0 Å². The molecule has 1 heteroatoms. The molecule has 0 N–H and O–H groups in total. The van der Waals surface area contributed by atoms with E-state index in [0.717, 1.165) is 30.6 Å². The van der Waals surface area contributed by atoms with E-state index < -0.39 is 0 Å². The Hall–Kier alpha value is -0.330. The second-order valence-corrected chi connectivity index (χ2v) is 7.06. The van der Waals surface area contributed by atoms with E-state index in [0.29, 0.717) is 5.78 Å². The van der Waals surface area contributed by atoms with Gasteiger partial charge in [-0.1, -0.05) is 72.6 Å². The molecule has 0 aliphatic carbocycles. The lowest BCUT2D eigenvalue weighted by molar-refractivity contribution is -0.117. The normalized spacial score (nSPS) is 14.6. The molecule has 0 spiro atoms. The largest absolute Gasteiger partial charge is 0.300 e. The molecule has 114 valence electrons. The van der Waals surface area contributed by atoms with E-state index in [9.17, 15) is 4.79 Å². The first-order chi connectivity index (χ1) is 8.91. The molecular formula is C18H36O. The summed E-state index contributed by atoms with van der Waals surface area (Å²) >= 11 is 0. The Morgan fingerprint density at radius 2 is 1.21 bits per heavy atom. The topological polar surface area (TPSA) is 17.1 Å². The minimum absolute atomic E-state index is 0.339. The lowest BCUT2D eigenvalue weighted by Crippen LogP contribution is -2.00. The Balaban J connectivity index is 3.39. The fourth-order valence-corrected chi connectivity index (χ4v) is 2.60. The summed E-state index contributed by atoms with van der Waals surface area (Å²) in [5, 5.41) is 0. The average Bonchev–Trinajstić information content (AvgIpc) is 2.31. The standard InChI is InChI=1S/C18H36O/c1-15(2)9-8-12-16(3)10-6-7-11-17(4)13-14-18(5)19/h15-17H,6-14H2,1-5H3. The van der Waals surface area contributed by atoms with Crippen LogP contribution >= 0.6 is 0 Å². The molecule has 0 aliphatic rings. The van der Waals surface area contributed by atoms with E-state index >= 15 is 0 Å². The number of carbonyl (C=O) groups excluding carboxylic acids is 1. The maximum absolute atomic E-state index is 10.9. The van der Waals surface area contributed by atoms with Crippen LogP contribution < -0.4 is 0 Å². The van der Waals surface area contributed by atoms with Crippen molar-refractivity contribution in [3.05, 3.63) is 0 Å². The van der Waals surface area contributed by atoms with Crippen molar-refractivity contribution in [3.63, 3.8) is 0 Å². The number of hydrogen-bond acceptors (Lipinski definition) is 1. The van der Waals surface area contributed by atoms with Gasteiger partial charge in [0.25, 0.3) is 0 Å². The second kappa shape index (κ2) is 11.5. The number of Topliss-reactive ketones (excluding diaryl/α,β-unsaturated/α-hetero) is 1. The monoisotopic (exact) mass is 268 g/mol. The molecule has 0 bridgehead atoms. The van der Waals surface area contributed by atoms with Crippen molar-refractivity contribution in [2.24, 2.45) is 17.8 Å². The van der Waals surface area contributed by atoms with E-state index in [1.165, 1.54) is 44.9 Å². The van der Waals surface area contributed by atoms with E-state index in [2.05, 4.69) is 27.7 Å². The highest BCUT2D eigenvalue weighted by Gasteiger charge is 2.06. The molecule has 0 radical (unpaired) electrons. The van der Waals surface area contributed by atoms with Crippen LogP contribution in [0.5, 0.6) is 0 Å². The van der Waals surface area contributed by atoms with Crippen molar-refractivity contribution >= 4 is 5.78 Å². The smallest absolute Gasteiger partial charge is 0.129 e. The summed E-state index contributed by atoms with van der Waals surface area (Å²) in [7, 11) is 0. The highest BCUT2D eigenvalue weighted by atomic mass is 16.1. The second-order valence-electron chi connectivity index (χ2n) is 7.06. The number of ketones is 1. The fourth-order valence-electron chi connectivity index (χ4n) is 2.60. The van der Waals surface area contributed by atoms with E-state index in [1.54, 1.807) is 6.92 Å². The minimum atomic E-state index is 0.339. The molecule has 2 atom stereocenters. The van der Waals surface area contributed by atoms with Crippen LogP contribution in [0.15, 0.2) is 0 Å². The summed E-state index contributed by atoms with van der Waals surface area (Å²) in [4.78, 5) is 10.9. The average molecular weight is 268 g/mol. The Bertz CT molecular complexity index is 220. The molecule has 0 aromatic carbocycles. The molecule has 0 heterocycles.